The van der Waals surface area contributed by atoms with Crippen LogP contribution in [0.25, 0.3) is 21.8 Å². The topological polar surface area (TPSA) is 166 Å². The van der Waals surface area contributed by atoms with Crippen LogP contribution >= 0.6 is 0 Å². The molecule has 0 aliphatic carbocycles. The van der Waals surface area contributed by atoms with Gasteiger partial charge in [-0.15, -0.1) is 0 Å². The van der Waals surface area contributed by atoms with Crippen LogP contribution in [0.3, 0.4) is 0 Å². The largest absolute Gasteiger partial charge is 0.494 e. The Morgan fingerprint density at radius 2 is 1.09 bits per heavy atom. The monoisotopic (exact) mass is 746 g/mol. The molecule has 12 nitrogen and oxygen atoms in total. The Kier molecular flexibility index (Phi) is 17.6. The van der Waals surface area contributed by atoms with E-state index < -0.39 is 27.9 Å². The van der Waals surface area contributed by atoms with Crippen LogP contribution in [0.1, 0.15) is 117 Å². The van der Waals surface area contributed by atoms with Gasteiger partial charge < -0.3 is 24.7 Å². The standard InChI is InChI=1S/C21H28N2O5.C21H30N2O3/c1-4-6-7-8-9-14-28-17-11-12-18-16(15-17)10-13-19(22-18)21(3,23(25)26)20(24)27-5-2;1-4-6-7-8-9-14-26-17-11-12-18-16(15-17)10-13-19(23-18)21(3,22)20(24)25-5-2/h10-13,15H,4-9,14H2,1-3H3;10-13,15H,4-9,14,22H2,1-3H3. The lowest BCUT2D eigenvalue weighted by molar-refractivity contribution is -0.560. The zero-order valence-electron chi connectivity index (χ0n) is 32.9. The maximum absolute atomic E-state index is 12.2. The zero-order chi connectivity index (χ0) is 39.6. The van der Waals surface area contributed by atoms with Crippen LogP contribution in [0, 0.1) is 10.1 Å². The molecule has 2 heterocycles. The van der Waals surface area contributed by atoms with E-state index in [0.29, 0.717) is 24.4 Å². The molecule has 12 heteroatoms. The number of rotatable bonds is 21. The molecular formula is C42H58N4O8. The summed E-state index contributed by atoms with van der Waals surface area (Å²) in [7, 11) is 0. The van der Waals surface area contributed by atoms with Gasteiger partial charge in [0.15, 0.2) is 5.54 Å². The van der Waals surface area contributed by atoms with Crippen molar-refractivity contribution in [3.63, 3.8) is 0 Å². The third-order valence-electron chi connectivity index (χ3n) is 9.12. The predicted molar refractivity (Wildman–Crippen MR) is 211 cm³/mol. The number of carbonyl (C=O) groups is 2. The summed E-state index contributed by atoms with van der Waals surface area (Å²) in [4.78, 5) is 44.1. The number of fused-ring (bicyclic) bond motifs is 2. The van der Waals surface area contributed by atoms with Crippen molar-refractivity contribution in [2.24, 2.45) is 5.73 Å². The van der Waals surface area contributed by atoms with E-state index in [0.717, 1.165) is 53.7 Å². The number of nitrogens with two attached hydrogens (primary N) is 1. The molecule has 0 radical (unpaired) electrons. The Balaban J connectivity index is 0.000000291. The SMILES string of the molecule is CCCCCCCOc1ccc2nc(C(C)(C(=O)OCC)[N+](=O)[O-])ccc2c1.CCCCCCCOc1ccc2nc(C(C)(N)C(=O)OCC)ccc2c1. The Labute approximate surface area is 319 Å². The number of esters is 2. The van der Waals surface area contributed by atoms with Gasteiger partial charge in [0.2, 0.25) is 0 Å². The fourth-order valence-electron chi connectivity index (χ4n) is 5.67. The third-order valence-corrected chi connectivity index (χ3v) is 9.12. The van der Waals surface area contributed by atoms with Gasteiger partial charge in [-0.25, -0.2) is 14.6 Å². The number of nitrogens with zero attached hydrogens (tertiary/aromatic N) is 3. The van der Waals surface area contributed by atoms with E-state index in [-0.39, 0.29) is 12.3 Å². The first-order valence-corrected chi connectivity index (χ1v) is 19.3. The van der Waals surface area contributed by atoms with Crippen LogP contribution in [0.2, 0.25) is 0 Å². The highest BCUT2D eigenvalue weighted by Gasteiger charge is 2.51. The van der Waals surface area contributed by atoms with Gasteiger partial charge in [0.1, 0.15) is 17.2 Å². The lowest BCUT2D eigenvalue weighted by Crippen LogP contribution is -2.43. The molecule has 54 heavy (non-hydrogen) atoms. The number of benzene rings is 2. The normalized spacial score (nSPS) is 13.2. The second-order valence-electron chi connectivity index (χ2n) is 13.6. The highest BCUT2D eigenvalue weighted by Crippen LogP contribution is 2.29. The van der Waals surface area contributed by atoms with Gasteiger partial charge in [-0.2, -0.15) is 0 Å². The molecule has 4 rings (SSSR count). The van der Waals surface area contributed by atoms with Gasteiger partial charge in [0.05, 0.1) is 43.2 Å². The lowest BCUT2D eigenvalue weighted by atomic mass is 9.97. The summed E-state index contributed by atoms with van der Waals surface area (Å²) < 4.78 is 21.6. The molecule has 294 valence electrons. The van der Waals surface area contributed by atoms with E-state index in [1.54, 1.807) is 45.0 Å². The Bertz CT molecular complexity index is 1810. The van der Waals surface area contributed by atoms with Crippen molar-refractivity contribution < 1.29 is 33.5 Å². The van der Waals surface area contributed by atoms with Gasteiger partial charge in [-0.05, 0) is 82.1 Å². The molecule has 2 atom stereocenters. The van der Waals surface area contributed by atoms with Crippen molar-refractivity contribution >= 4 is 33.7 Å². The number of pyridine rings is 2. The number of hydrogen-bond donors (Lipinski definition) is 1. The molecule has 2 unspecified atom stereocenters. The van der Waals surface area contributed by atoms with Gasteiger partial charge >= 0.3 is 17.5 Å². The minimum Gasteiger partial charge on any atom is -0.494 e. The molecule has 0 amide bonds. The maximum atomic E-state index is 12.2. The molecule has 4 aromatic rings. The minimum absolute atomic E-state index is 0.0491. The number of hydrogen-bond acceptors (Lipinski definition) is 11. The summed E-state index contributed by atoms with van der Waals surface area (Å²) in [6.07, 6.45) is 11.9. The zero-order valence-corrected chi connectivity index (χ0v) is 32.9. The van der Waals surface area contributed by atoms with Crippen molar-refractivity contribution in [1.29, 1.82) is 0 Å². The van der Waals surface area contributed by atoms with Crippen LogP contribution in [-0.2, 0) is 30.1 Å². The fraction of sp³-hybridized carbons (Fsp3) is 0.524. The molecule has 0 bridgehead atoms. The van der Waals surface area contributed by atoms with E-state index >= 15 is 0 Å². The summed E-state index contributed by atoms with van der Waals surface area (Å²) in [5.41, 5.74) is 4.71. The summed E-state index contributed by atoms with van der Waals surface area (Å²) in [6.45, 7) is 12.3. The molecule has 0 aliphatic rings. The van der Waals surface area contributed by atoms with Crippen LogP contribution in [0.4, 0.5) is 0 Å². The summed E-state index contributed by atoms with van der Waals surface area (Å²) >= 11 is 0. The van der Waals surface area contributed by atoms with Crippen LogP contribution in [-0.4, -0.2) is 53.3 Å². The fourth-order valence-corrected chi connectivity index (χ4v) is 5.67. The Morgan fingerprint density at radius 1 is 0.648 bits per heavy atom. The number of nitro groups is 1. The molecular weight excluding hydrogens is 688 g/mol. The molecule has 0 saturated carbocycles. The average Bonchev–Trinajstić information content (AvgIpc) is 3.17. The molecule has 0 aliphatic heterocycles. The van der Waals surface area contributed by atoms with Crippen molar-refractivity contribution in [3.8, 4) is 11.5 Å². The second kappa shape index (κ2) is 21.8. The second-order valence-corrected chi connectivity index (χ2v) is 13.6. The third kappa shape index (κ3) is 12.1. The summed E-state index contributed by atoms with van der Waals surface area (Å²) in [5.74, 6) is 0.174. The molecule has 2 aromatic carbocycles. The highest BCUT2D eigenvalue weighted by molar-refractivity contribution is 5.85. The van der Waals surface area contributed by atoms with Gasteiger partial charge in [-0.1, -0.05) is 77.3 Å². The first kappa shape index (κ1) is 43.6. The smallest absolute Gasteiger partial charge is 0.391 e. The number of unbranched alkanes of at least 4 members (excludes halogenated alkanes) is 8. The van der Waals surface area contributed by atoms with Crippen molar-refractivity contribution in [1.82, 2.24) is 9.97 Å². The number of carbonyl (C=O) groups excluding carboxylic acids is 2. The van der Waals surface area contributed by atoms with Gasteiger partial charge in [0, 0.05) is 22.6 Å². The number of aromatic nitrogens is 2. The van der Waals surface area contributed by atoms with E-state index in [2.05, 4.69) is 23.8 Å². The average molecular weight is 747 g/mol. The van der Waals surface area contributed by atoms with E-state index in [9.17, 15) is 19.7 Å². The van der Waals surface area contributed by atoms with E-state index in [1.165, 1.54) is 57.9 Å². The van der Waals surface area contributed by atoms with Crippen LogP contribution in [0.15, 0.2) is 60.7 Å². The Hall–Kier alpha value is -4.84. The van der Waals surface area contributed by atoms with Crippen LogP contribution < -0.4 is 15.2 Å². The summed E-state index contributed by atoms with van der Waals surface area (Å²) in [5, 5.41) is 13.3. The number of ether oxygens (including phenoxy) is 4. The maximum Gasteiger partial charge on any atom is 0.391 e. The van der Waals surface area contributed by atoms with E-state index in [1.807, 2.05) is 30.3 Å². The molecule has 0 fully saturated rings. The minimum atomic E-state index is -2.04. The summed E-state index contributed by atoms with van der Waals surface area (Å²) in [6, 6.07) is 18.1. The molecule has 2 aromatic heterocycles. The molecule has 2 N–H and O–H groups in total. The predicted octanol–water partition coefficient (Wildman–Crippen LogP) is 8.96. The lowest BCUT2D eigenvalue weighted by Gasteiger charge is -2.22. The Morgan fingerprint density at radius 3 is 1.56 bits per heavy atom. The van der Waals surface area contributed by atoms with Gasteiger partial charge in [-0.3, -0.25) is 15.1 Å². The van der Waals surface area contributed by atoms with Gasteiger partial charge in [0.25, 0.3) is 0 Å². The molecule has 0 saturated heterocycles. The van der Waals surface area contributed by atoms with Crippen molar-refractivity contribution in [3.05, 3.63) is 82.2 Å². The first-order chi connectivity index (χ1) is 25.9. The van der Waals surface area contributed by atoms with Crippen molar-refractivity contribution in [2.45, 2.75) is 117 Å². The van der Waals surface area contributed by atoms with Crippen molar-refractivity contribution in [2.75, 3.05) is 26.4 Å². The van der Waals surface area contributed by atoms with Crippen LogP contribution in [0.5, 0.6) is 11.5 Å². The quantitative estimate of drug-likeness (QED) is 0.0374. The molecule has 0 spiro atoms. The van der Waals surface area contributed by atoms with E-state index in [4.69, 9.17) is 24.7 Å². The first-order valence-electron chi connectivity index (χ1n) is 19.3. The highest BCUT2D eigenvalue weighted by atomic mass is 16.6.